The Morgan fingerprint density at radius 3 is 1.96 bits per heavy atom. The van der Waals surface area contributed by atoms with Gasteiger partial charge in [-0.15, -0.1) is 0 Å². The molecule has 3 nitrogen and oxygen atoms in total. The molecule has 138 valence electrons. The molecule has 5 rings (SSSR count). The molecule has 0 amide bonds. The Balaban J connectivity index is 1.42. The van der Waals surface area contributed by atoms with Crippen molar-refractivity contribution in [3.8, 4) is 0 Å². The highest BCUT2D eigenvalue weighted by atomic mass is 16.3. The average Bonchev–Trinajstić information content (AvgIpc) is 3.06. The van der Waals surface area contributed by atoms with E-state index in [1.165, 1.54) is 21.5 Å². The molecule has 3 heteroatoms. The molecular formula is C25H22N2O. The van der Waals surface area contributed by atoms with Gasteiger partial charge in [-0.2, -0.15) is 0 Å². The van der Waals surface area contributed by atoms with E-state index in [1.54, 1.807) is 0 Å². The lowest BCUT2D eigenvalue weighted by molar-refractivity contribution is 0.169. The van der Waals surface area contributed by atoms with Crippen LogP contribution in [0.4, 0.5) is 5.69 Å². The lowest BCUT2D eigenvalue weighted by atomic mass is 10.1. The van der Waals surface area contributed by atoms with Gasteiger partial charge in [-0.05, 0) is 23.6 Å². The van der Waals surface area contributed by atoms with Crippen LogP contribution in [0.2, 0.25) is 0 Å². The molecule has 0 saturated carbocycles. The van der Waals surface area contributed by atoms with Gasteiger partial charge in [-0.3, -0.25) is 0 Å². The van der Waals surface area contributed by atoms with Gasteiger partial charge in [-0.1, -0.05) is 72.8 Å². The van der Waals surface area contributed by atoms with Gasteiger partial charge in [0.05, 0.1) is 12.6 Å². The van der Waals surface area contributed by atoms with Crippen LogP contribution in [0.5, 0.6) is 0 Å². The first-order valence-corrected chi connectivity index (χ1v) is 9.67. The molecule has 4 aromatic carbocycles. The van der Waals surface area contributed by atoms with Crippen molar-refractivity contribution >= 4 is 38.3 Å². The summed E-state index contributed by atoms with van der Waals surface area (Å²) in [6.07, 6.45) is -0.502. The van der Waals surface area contributed by atoms with E-state index >= 15 is 0 Å². The van der Waals surface area contributed by atoms with E-state index in [1.807, 2.05) is 18.2 Å². The molecule has 0 fully saturated rings. The third-order valence-corrected chi connectivity index (χ3v) is 5.39. The van der Waals surface area contributed by atoms with Gasteiger partial charge < -0.3 is 15.0 Å². The van der Waals surface area contributed by atoms with Gasteiger partial charge in [0.15, 0.2) is 0 Å². The summed E-state index contributed by atoms with van der Waals surface area (Å²) in [5, 5.41) is 19.1. The Hall–Kier alpha value is -3.30. The third kappa shape index (κ3) is 2.90. The van der Waals surface area contributed by atoms with Crippen molar-refractivity contribution in [2.75, 3.05) is 11.9 Å². The second kappa shape index (κ2) is 7.02. The van der Waals surface area contributed by atoms with Crippen LogP contribution in [0.25, 0.3) is 32.6 Å². The first kappa shape index (κ1) is 16.8. The molecule has 0 spiro atoms. The van der Waals surface area contributed by atoms with Crippen LogP contribution >= 0.6 is 0 Å². The van der Waals surface area contributed by atoms with E-state index in [4.69, 9.17) is 0 Å². The number of rotatable bonds is 5. The zero-order valence-electron chi connectivity index (χ0n) is 15.5. The first-order chi connectivity index (χ1) is 13.8. The second-order valence-electron chi connectivity index (χ2n) is 7.21. The van der Waals surface area contributed by atoms with E-state index in [-0.39, 0.29) is 0 Å². The Morgan fingerprint density at radius 2 is 1.25 bits per heavy atom. The molecule has 1 atom stereocenters. The van der Waals surface area contributed by atoms with E-state index < -0.39 is 6.10 Å². The van der Waals surface area contributed by atoms with E-state index in [0.29, 0.717) is 13.1 Å². The number of aliphatic hydroxyl groups excluding tert-OH is 1. The van der Waals surface area contributed by atoms with E-state index in [9.17, 15) is 5.11 Å². The van der Waals surface area contributed by atoms with Gasteiger partial charge in [-0.25, -0.2) is 0 Å². The minimum absolute atomic E-state index is 0.495. The fourth-order valence-corrected chi connectivity index (χ4v) is 4.08. The largest absolute Gasteiger partial charge is 0.389 e. The quantitative estimate of drug-likeness (QED) is 0.436. The number of nitrogens with zero attached hydrogens (tertiary/aromatic N) is 1. The monoisotopic (exact) mass is 366 g/mol. The maximum absolute atomic E-state index is 10.8. The molecular weight excluding hydrogens is 344 g/mol. The number of aromatic nitrogens is 1. The van der Waals surface area contributed by atoms with E-state index in [0.717, 1.165) is 16.7 Å². The summed E-state index contributed by atoms with van der Waals surface area (Å²) in [6, 6.07) is 31.3. The van der Waals surface area contributed by atoms with Crippen molar-refractivity contribution in [2.45, 2.75) is 12.6 Å². The Labute approximate surface area is 163 Å². The summed E-state index contributed by atoms with van der Waals surface area (Å²) in [5.74, 6) is 0. The van der Waals surface area contributed by atoms with Crippen molar-refractivity contribution < 1.29 is 5.11 Å². The van der Waals surface area contributed by atoms with Crippen molar-refractivity contribution in [3.05, 3.63) is 91.0 Å². The van der Waals surface area contributed by atoms with Crippen molar-refractivity contribution in [1.82, 2.24) is 4.57 Å². The van der Waals surface area contributed by atoms with Crippen molar-refractivity contribution in [2.24, 2.45) is 0 Å². The summed E-state index contributed by atoms with van der Waals surface area (Å²) < 4.78 is 2.22. The number of hydrogen-bond donors (Lipinski definition) is 2. The predicted molar refractivity (Wildman–Crippen MR) is 118 cm³/mol. The van der Waals surface area contributed by atoms with Gasteiger partial charge in [0.1, 0.15) is 0 Å². The normalized spacial score (nSPS) is 12.6. The minimum Gasteiger partial charge on any atom is -0.389 e. The summed E-state index contributed by atoms with van der Waals surface area (Å²) in [5.41, 5.74) is 3.38. The average molecular weight is 366 g/mol. The first-order valence-electron chi connectivity index (χ1n) is 9.67. The molecule has 0 saturated heterocycles. The second-order valence-corrected chi connectivity index (χ2v) is 7.21. The SMILES string of the molecule is OC(CNc1cccc2ccccc12)Cn1c2ccccc2c2ccccc21. The predicted octanol–water partition coefficient (Wildman–Crippen LogP) is 5.42. The van der Waals surface area contributed by atoms with Gasteiger partial charge in [0, 0.05) is 39.4 Å². The Bertz CT molecular complexity index is 1210. The number of aliphatic hydroxyl groups is 1. The summed E-state index contributed by atoms with van der Waals surface area (Å²) in [4.78, 5) is 0. The number of para-hydroxylation sites is 2. The van der Waals surface area contributed by atoms with Crippen LogP contribution in [-0.4, -0.2) is 22.3 Å². The fourth-order valence-electron chi connectivity index (χ4n) is 4.08. The fraction of sp³-hybridized carbons (Fsp3) is 0.120. The molecule has 0 aliphatic carbocycles. The van der Waals surface area contributed by atoms with Gasteiger partial charge in [0.25, 0.3) is 0 Å². The molecule has 5 aromatic rings. The maximum Gasteiger partial charge on any atom is 0.0891 e. The Kier molecular flexibility index (Phi) is 4.22. The zero-order valence-corrected chi connectivity index (χ0v) is 15.5. The lowest BCUT2D eigenvalue weighted by Gasteiger charge is -2.16. The van der Waals surface area contributed by atoms with E-state index in [2.05, 4.69) is 82.7 Å². The molecule has 1 unspecified atom stereocenters. The van der Waals surface area contributed by atoms with Crippen LogP contribution in [0.3, 0.4) is 0 Å². The standard InChI is InChI=1S/C25H22N2O/c28-19(16-26-23-13-7-9-18-8-1-2-10-20(18)23)17-27-24-14-5-3-11-21(24)22-12-4-6-15-25(22)27/h1-15,19,26,28H,16-17H2. The Morgan fingerprint density at radius 1 is 0.679 bits per heavy atom. The lowest BCUT2D eigenvalue weighted by Crippen LogP contribution is -2.24. The smallest absolute Gasteiger partial charge is 0.0891 e. The van der Waals surface area contributed by atoms with Crippen LogP contribution < -0.4 is 5.32 Å². The number of hydrogen-bond acceptors (Lipinski definition) is 2. The molecule has 1 heterocycles. The maximum atomic E-state index is 10.8. The summed E-state index contributed by atoms with van der Waals surface area (Å²) >= 11 is 0. The molecule has 0 aliphatic heterocycles. The molecule has 0 bridgehead atoms. The zero-order chi connectivity index (χ0) is 18.9. The molecule has 0 aliphatic rings. The van der Waals surface area contributed by atoms with Crippen molar-refractivity contribution in [1.29, 1.82) is 0 Å². The number of benzene rings is 4. The third-order valence-electron chi connectivity index (χ3n) is 5.39. The summed E-state index contributed by atoms with van der Waals surface area (Å²) in [7, 11) is 0. The van der Waals surface area contributed by atoms with Crippen molar-refractivity contribution in [3.63, 3.8) is 0 Å². The highest BCUT2D eigenvalue weighted by Gasteiger charge is 2.13. The number of anilines is 1. The van der Waals surface area contributed by atoms with Gasteiger partial charge in [0.2, 0.25) is 0 Å². The highest BCUT2D eigenvalue weighted by Crippen LogP contribution is 2.29. The van der Waals surface area contributed by atoms with Gasteiger partial charge >= 0.3 is 0 Å². The van der Waals surface area contributed by atoms with Crippen LogP contribution in [-0.2, 0) is 6.54 Å². The molecule has 28 heavy (non-hydrogen) atoms. The summed E-state index contributed by atoms with van der Waals surface area (Å²) in [6.45, 7) is 1.04. The highest BCUT2D eigenvalue weighted by molar-refractivity contribution is 6.08. The molecule has 0 radical (unpaired) electrons. The number of nitrogens with one attached hydrogen (secondary N) is 1. The van der Waals surface area contributed by atoms with Crippen LogP contribution in [0.15, 0.2) is 91.0 Å². The molecule has 2 N–H and O–H groups in total. The van der Waals surface area contributed by atoms with Crippen LogP contribution in [0.1, 0.15) is 0 Å². The number of fused-ring (bicyclic) bond motifs is 4. The minimum atomic E-state index is -0.502. The molecule has 1 aromatic heterocycles. The topological polar surface area (TPSA) is 37.2 Å². The van der Waals surface area contributed by atoms with Crippen LogP contribution in [0, 0.1) is 0 Å².